The normalized spacial score (nSPS) is 19.3. The van der Waals surface area contributed by atoms with E-state index in [4.69, 9.17) is 4.74 Å². The molecule has 1 unspecified atom stereocenters. The molecular weight excluding hydrogens is 494 g/mol. The lowest BCUT2D eigenvalue weighted by Crippen LogP contribution is -2.43. The monoisotopic (exact) mass is 529 g/mol. The van der Waals surface area contributed by atoms with Crippen LogP contribution in [0.15, 0.2) is 47.8 Å². The first-order valence-electron chi connectivity index (χ1n) is 13.9. The molecule has 0 radical (unpaired) electrons. The van der Waals surface area contributed by atoms with Crippen molar-refractivity contribution in [3.8, 4) is 5.75 Å². The lowest BCUT2D eigenvalue weighted by Gasteiger charge is -2.39. The van der Waals surface area contributed by atoms with Crippen molar-refractivity contribution >= 4 is 23.2 Å². The number of benzene rings is 2. The van der Waals surface area contributed by atoms with E-state index >= 15 is 0 Å². The third kappa shape index (κ3) is 5.48. The van der Waals surface area contributed by atoms with Crippen molar-refractivity contribution < 1.29 is 14.3 Å². The predicted octanol–water partition coefficient (Wildman–Crippen LogP) is 5.83. The topological polar surface area (TPSA) is 71.5 Å². The zero-order valence-electron chi connectivity index (χ0n) is 21.9. The number of carbonyl (C=O) groups excluding carboxylic acids is 2. The fourth-order valence-electron chi connectivity index (χ4n) is 5.71. The third-order valence-corrected chi connectivity index (χ3v) is 8.94. The number of ether oxygens (including phenoxy) is 1. The van der Waals surface area contributed by atoms with Crippen LogP contribution >= 0.6 is 11.3 Å². The summed E-state index contributed by atoms with van der Waals surface area (Å²) >= 11 is 1.44. The molecule has 38 heavy (non-hydrogen) atoms. The first kappa shape index (κ1) is 25.1. The van der Waals surface area contributed by atoms with Gasteiger partial charge in [0.05, 0.1) is 6.04 Å². The summed E-state index contributed by atoms with van der Waals surface area (Å²) in [6, 6.07) is 14.7. The van der Waals surface area contributed by atoms with E-state index < -0.39 is 0 Å². The molecule has 2 aromatic carbocycles. The lowest BCUT2D eigenvalue weighted by atomic mass is 9.86. The Labute approximate surface area is 228 Å². The van der Waals surface area contributed by atoms with Crippen molar-refractivity contribution in [3.63, 3.8) is 0 Å². The van der Waals surface area contributed by atoms with E-state index in [9.17, 15) is 9.59 Å². The van der Waals surface area contributed by atoms with Crippen LogP contribution in [0.2, 0.25) is 0 Å². The van der Waals surface area contributed by atoms with E-state index in [1.165, 1.54) is 35.3 Å². The van der Waals surface area contributed by atoms with E-state index in [1.807, 2.05) is 6.07 Å². The molecule has 0 spiro atoms. The molecule has 1 aliphatic heterocycles. The average molecular weight is 530 g/mol. The van der Waals surface area contributed by atoms with Gasteiger partial charge in [0.2, 0.25) is 5.91 Å². The first-order valence-corrected chi connectivity index (χ1v) is 14.8. The zero-order valence-corrected chi connectivity index (χ0v) is 22.8. The summed E-state index contributed by atoms with van der Waals surface area (Å²) in [5.41, 5.74) is 5.21. The maximum atomic E-state index is 13.7. The van der Waals surface area contributed by atoms with Crippen LogP contribution in [-0.4, -0.2) is 34.8 Å². The number of hydrogen-bond donors (Lipinski definition) is 1. The minimum Gasteiger partial charge on any atom is -0.486 e. The molecule has 2 fully saturated rings. The summed E-state index contributed by atoms with van der Waals surface area (Å²) in [5, 5.41) is 5.54. The predicted molar refractivity (Wildman–Crippen MR) is 148 cm³/mol. The highest BCUT2D eigenvalue weighted by Crippen LogP contribution is 2.40. The number of thiazole rings is 1. The summed E-state index contributed by atoms with van der Waals surface area (Å²) in [7, 11) is 0. The van der Waals surface area contributed by atoms with Gasteiger partial charge in [0.15, 0.2) is 0 Å². The Morgan fingerprint density at radius 2 is 1.87 bits per heavy atom. The second-order valence-electron chi connectivity index (χ2n) is 11.0. The molecule has 3 aliphatic rings. The van der Waals surface area contributed by atoms with Gasteiger partial charge in [-0.25, -0.2) is 4.98 Å². The zero-order chi connectivity index (χ0) is 26.1. The minimum absolute atomic E-state index is 0.110. The Bertz CT molecular complexity index is 1310. The van der Waals surface area contributed by atoms with Gasteiger partial charge in [0.25, 0.3) is 5.91 Å². The minimum atomic E-state index is -0.113. The molecule has 2 heterocycles. The molecule has 0 bridgehead atoms. The summed E-state index contributed by atoms with van der Waals surface area (Å²) < 4.78 is 6.17. The molecule has 6 rings (SSSR count). The van der Waals surface area contributed by atoms with E-state index in [-0.39, 0.29) is 17.9 Å². The van der Waals surface area contributed by atoms with Crippen molar-refractivity contribution in [3.05, 3.63) is 80.8 Å². The molecule has 7 heteroatoms. The standard InChI is InChI=1S/C31H35N3O3S/c1-20-6-10-23(11-7-20)29-26-16-25(13-12-22(26)14-15-34(29)31(36)24-4-2-3-5-24)37-18-28-33-27(19-38-28)30(35)32-17-21-8-9-21/h6-7,10-13,16,19,21,24,29H,2-5,8-9,14-15,17-18H2,1H3,(H,32,35). The van der Waals surface area contributed by atoms with Crippen LogP contribution in [0.25, 0.3) is 0 Å². The molecule has 0 saturated heterocycles. The summed E-state index contributed by atoms with van der Waals surface area (Å²) in [5.74, 6) is 1.72. The van der Waals surface area contributed by atoms with Crippen LogP contribution in [0.5, 0.6) is 5.75 Å². The van der Waals surface area contributed by atoms with Gasteiger partial charge in [-0.05, 0) is 73.8 Å². The molecule has 2 saturated carbocycles. The van der Waals surface area contributed by atoms with Gasteiger partial charge in [-0.15, -0.1) is 11.3 Å². The number of fused-ring (bicyclic) bond motifs is 1. The Kier molecular flexibility index (Phi) is 7.20. The second-order valence-corrected chi connectivity index (χ2v) is 11.9. The largest absolute Gasteiger partial charge is 0.486 e. The average Bonchev–Trinajstić information content (AvgIpc) is 3.38. The van der Waals surface area contributed by atoms with Crippen LogP contribution < -0.4 is 10.1 Å². The molecule has 198 valence electrons. The Morgan fingerprint density at radius 3 is 2.63 bits per heavy atom. The quantitative estimate of drug-likeness (QED) is 0.398. The fourth-order valence-corrected chi connectivity index (χ4v) is 6.40. The lowest BCUT2D eigenvalue weighted by molar-refractivity contribution is -0.137. The number of nitrogens with zero attached hydrogens (tertiary/aromatic N) is 2. The Balaban J connectivity index is 1.21. The van der Waals surface area contributed by atoms with E-state index in [1.54, 1.807) is 5.38 Å². The SMILES string of the molecule is Cc1ccc(C2c3cc(OCc4nc(C(=O)NCC5CC5)cs4)ccc3CCN2C(=O)C2CCCC2)cc1. The molecule has 1 atom stereocenters. The summed E-state index contributed by atoms with van der Waals surface area (Å²) in [4.78, 5) is 32.6. The van der Waals surface area contributed by atoms with Crippen LogP contribution in [-0.2, 0) is 17.8 Å². The summed E-state index contributed by atoms with van der Waals surface area (Å²) in [6.45, 7) is 3.87. The Hall–Kier alpha value is -3.19. The maximum absolute atomic E-state index is 13.7. The van der Waals surface area contributed by atoms with E-state index in [0.29, 0.717) is 24.1 Å². The van der Waals surface area contributed by atoms with Crippen molar-refractivity contribution in [1.29, 1.82) is 0 Å². The number of hydrogen-bond acceptors (Lipinski definition) is 5. The summed E-state index contributed by atoms with van der Waals surface area (Å²) in [6.07, 6.45) is 7.55. The van der Waals surface area contributed by atoms with Crippen LogP contribution in [0.1, 0.15) is 82.3 Å². The van der Waals surface area contributed by atoms with Gasteiger partial charge in [-0.2, -0.15) is 0 Å². The smallest absolute Gasteiger partial charge is 0.270 e. The second kappa shape index (κ2) is 10.9. The third-order valence-electron chi connectivity index (χ3n) is 8.12. The van der Waals surface area contributed by atoms with Crippen molar-refractivity contribution in [2.24, 2.45) is 11.8 Å². The molecular formula is C31H35N3O3S. The highest BCUT2D eigenvalue weighted by molar-refractivity contribution is 7.09. The molecule has 6 nitrogen and oxygen atoms in total. The Morgan fingerprint density at radius 1 is 1.08 bits per heavy atom. The fraction of sp³-hybridized carbons (Fsp3) is 0.452. The number of aryl methyl sites for hydroxylation is 1. The van der Waals surface area contributed by atoms with E-state index in [2.05, 4.69) is 58.5 Å². The van der Waals surface area contributed by atoms with Crippen molar-refractivity contribution in [1.82, 2.24) is 15.2 Å². The van der Waals surface area contributed by atoms with Gasteiger partial charge in [-0.3, -0.25) is 9.59 Å². The molecule has 3 aromatic rings. The van der Waals surface area contributed by atoms with Gasteiger partial charge in [-0.1, -0.05) is 48.7 Å². The number of nitrogens with one attached hydrogen (secondary N) is 1. The molecule has 2 aliphatic carbocycles. The number of carbonyl (C=O) groups is 2. The van der Waals surface area contributed by atoms with E-state index in [0.717, 1.165) is 67.1 Å². The van der Waals surface area contributed by atoms with Gasteiger partial charge in [0, 0.05) is 24.4 Å². The highest BCUT2D eigenvalue weighted by atomic mass is 32.1. The highest BCUT2D eigenvalue weighted by Gasteiger charge is 2.36. The van der Waals surface area contributed by atoms with Gasteiger partial charge in [0.1, 0.15) is 23.1 Å². The van der Waals surface area contributed by atoms with Crippen molar-refractivity contribution in [2.75, 3.05) is 13.1 Å². The molecule has 2 amide bonds. The number of rotatable bonds is 8. The van der Waals surface area contributed by atoms with Gasteiger partial charge < -0.3 is 15.0 Å². The van der Waals surface area contributed by atoms with Gasteiger partial charge >= 0.3 is 0 Å². The molecule has 1 N–H and O–H groups in total. The first-order chi connectivity index (χ1) is 18.5. The number of aromatic nitrogens is 1. The number of amides is 2. The van der Waals surface area contributed by atoms with Crippen LogP contribution in [0.3, 0.4) is 0 Å². The maximum Gasteiger partial charge on any atom is 0.270 e. The van der Waals surface area contributed by atoms with Crippen LogP contribution in [0, 0.1) is 18.8 Å². The molecule has 1 aromatic heterocycles. The van der Waals surface area contributed by atoms with Crippen molar-refractivity contribution in [2.45, 2.75) is 64.5 Å². The van der Waals surface area contributed by atoms with Crippen LogP contribution in [0.4, 0.5) is 0 Å².